The number of hydrogen-bond donors (Lipinski definition) is 1. The van der Waals surface area contributed by atoms with E-state index in [1.807, 2.05) is 29.6 Å². The summed E-state index contributed by atoms with van der Waals surface area (Å²) in [6, 6.07) is 14.6. The minimum Gasteiger partial charge on any atom is -0.493 e. The second-order valence-corrected chi connectivity index (χ2v) is 7.98. The Morgan fingerprint density at radius 3 is 2.72 bits per heavy atom. The van der Waals surface area contributed by atoms with E-state index in [1.54, 1.807) is 24.3 Å². The van der Waals surface area contributed by atoms with Gasteiger partial charge in [-0.15, -0.1) is 11.3 Å². The lowest BCUT2D eigenvalue weighted by Crippen LogP contribution is -2.22. The van der Waals surface area contributed by atoms with Crippen LogP contribution in [0.5, 0.6) is 17.2 Å². The van der Waals surface area contributed by atoms with Gasteiger partial charge in [0.2, 0.25) is 0 Å². The van der Waals surface area contributed by atoms with Gasteiger partial charge in [-0.25, -0.2) is 4.98 Å². The van der Waals surface area contributed by atoms with E-state index >= 15 is 0 Å². The first-order chi connectivity index (χ1) is 14.1. The fourth-order valence-electron chi connectivity index (χ4n) is 2.79. The number of nitrogens with zero attached hydrogens (tertiary/aromatic N) is 1. The Morgan fingerprint density at radius 1 is 1.21 bits per heavy atom. The maximum atomic E-state index is 12.5. The van der Waals surface area contributed by atoms with Crippen LogP contribution in [0.2, 0.25) is 0 Å². The van der Waals surface area contributed by atoms with E-state index in [9.17, 15) is 4.79 Å². The summed E-state index contributed by atoms with van der Waals surface area (Å²) in [4.78, 5) is 17.0. The van der Waals surface area contributed by atoms with Crippen molar-refractivity contribution >= 4 is 22.4 Å². The molecule has 1 amide bonds. The molecular formula is C22H22N2O4S. The highest BCUT2D eigenvalue weighted by molar-refractivity contribution is 7.14. The minimum atomic E-state index is -0.302. The molecule has 1 unspecified atom stereocenters. The lowest BCUT2D eigenvalue weighted by Gasteiger charge is -2.25. The summed E-state index contributed by atoms with van der Waals surface area (Å²) in [7, 11) is 0. The zero-order chi connectivity index (χ0) is 20.2. The van der Waals surface area contributed by atoms with Crippen LogP contribution >= 0.6 is 11.3 Å². The molecule has 0 saturated carbocycles. The summed E-state index contributed by atoms with van der Waals surface area (Å²) in [6.45, 7) is 5.21. The number of carbonyl (C=O) groups excluding carboxylic acids is 1. The molecule has 0 aliphatic carbocycles. The maximum absolute atomic E-state index is 12.5. The molecule has 0 saturated heterocycles. The first-order valence-corrected chi connectivity index (χ1v) is 10.3. The van der Waals surface area contributed by atoms with Crippen molar-refractivity contribution in [1.82, 2.24) is 4.98 Å². The van der Waals surface area contributed by atoms with E-state index in [-0.39, 0.29) is 12.0 Å². The Bertz CT molecular complexity index is 984. The second kappa shape index (κ2) is 8.53. The molecule has 1 N–H and O–H groups in total. The van der Waals surface area contributed by atoms with Crippen LogP contribution in [0.3, 0.4) is 0 Å². The van der Waals surface area contributed by atoms with Gasteiger partial charge in [-0.05, 0) is 42.3 Å². The smallest absolute Gasteiger partial charge is 0.257 e. The van der Waals surface area contributed by atoms with Crippen LogP contribution in [-0.2, 0) is 0 Å². The first-order valence-electron chi connectivity index (χ1n) is 9.46. The SMILES string of the molecule is CC(C)COc1ccc(C(=O)Nc2nc(C3COc4ccccc4O3)cs2)cc1. The van der Waals surface area contributed by atoms with Crippen molar-refractivity contribution in [2.75, 3.05) is 18.5 Å². The van der Waals surface area contributed by atoms with Crippen LogP contribution < -0.4 is 19.5 Å². The molecule has 1 aromatic heterocycles. The zero-order valence-corrected chi connectivity index (χ0v) is 17.1. The molecule has 2 aromatic carbocycles. The fraction of sp³-hybridized carbons (Fsp3) is 0.273. The van der Waals surface area contributed by atoms with Gasteiger partial charge in [0.1, 0.15) is 12.4 Å². The molecule has 0 fully saturated rings. The Balaban J connectivity index is 1.37. The summed E-state index contributed by atoms with van der Waals surface area (Å²) in [6.07, 6.45) is -0.302. The van der Waals surface area contributed by atoms with Crippen molar-refractivity contribution in [3.63, 3.8) is 0 Å². The minimum absolute atomic E-state index is 0.215. The molecule has 29 heavy (non-hydrogen) atoms. The van der Waals surface area contributed by atoms with E-state index in [1.165, 1.54) is 11.3 Å². The third-order valence-electron chi connectivity index (χ3n) is 4.28. The third kappa shape index (κ3) is 4.68. The van der Waals surface area contributed by atoms with Gasteiger partial charge in [-0.2, -0.15) is 0 Å². The summed E-state index contributed by atoms with van der Waals surface area (Å²) < 4.78 is 17.4. The highest BCUT2D eigenvalue weighted by Gasteiger charge is 2.24. The molecule has 4 rings (SSSR count). The number of ether oxygens (including phenoxy) is 3. The molecule has 150 valence electrons. The summed E-state index contributed by atoms with van der Waals surface area (Å²) >= 11 is 1.36. The van der Waals surface area contributed by atoms with Crippen LogP contribution in [0, 0.1) is 5.92 Å². The maximum Gasteiger partial charge on any atom is 0.257 e. The largest absolute Gasteiger partial charge is 0.493 e. The Kier molecular flexibility index (Phi) is 5.67. The second-order valence-electron chi connectivity index (χ2n) is 7.13. The van der Waals surface area contributed by atoms with E-state index in [2.05, 4.69) is 24.1 Å². The van der Waals surface area contributed by atoms with Gasteiger partial charge in [-0.3, -0.25) is 10.1 Å². The average Bonchev–Trinajstić information content (AvgIpc) is 3.20. The van der Waals surface area contributed by atoms with Crippen molar-refractivity contribution in [2.24, 2.45) is 5.92 Å². The van der Waals surface area contributed by atoms with Gasteiger partial charge in [0.25, 0.3) is 5.91 Å². The van der Waals surface area contributed by atoms with Gasteiger partial charge in [0.15, 0.2) is 22.7 Å². The van der Waals surface area contributed by atoms with Crippen molar-refractivity contribution in [2.45, 2.75) is 20.0 Å². The molecule has 0 spiro atoms. The standard InChI is InChI=1S/C22H22N2O4S/c1-14(2)11-26-16-9-7-15(8-10-16)21(25)24-22-23-17(13-29-22)20-12-27-18-5-3-4-6-19(18)28-20/h3-10,13-14,20H,11-12H2,1-2H3,(H,23,24,25). The molecule has 6 nitrogen and oxygen atoms in total. The van der Waals surface area contributed by atoms with Crippen molar-refractivity contribution in [3.8, 4) is 17.2 Å². The summed E-state index contributed by atoms with van der Waals surface area (Å²) in [5, 5.41) is 5.23. The molecular weight excluding hydrogens is 388 g/mol. The third-order valence-corrected chi connectivity index (χ3v) is 5.06. The van der Waals surface area contributed by atoms with Crippen LogP contribution in [0.25, 0.3) is 0 Å². The van der Waals surface area contributed by atoms with E-state index in [0.29, 0.717) is 35.6 Å². The highest BCUT2D eigenvalue weighted by Crippen LogP contribution is 2.36. The number of fused-ring (bicyclic) bond motifs is 1. The topological polar surface area (TPSA) is 69.7 Å². The lowest BCUT2D eigenvalue weighted by molar-refractivity contribution is 0.0888. The van der Waals surface area contributed by atoms with Crippen molar-refractivity contribution in [1.29, 1.82) is 0 Å². The number of hydrogen-bond acceptors (Lipinski definition) is 6. The number of amides is 1. The quantitative estimate of drug-likeness (QED) is 0.623. The van der Waals surface area contributed by atoms with Crippen molar-refractivity contribution in [3.05, 3.63) is 65.2 Å². The predicted octanol–water partition coefficient (Wildman–Crippen LogP) is 4.94. The molecule has 0 bridgehead atoms. The number of benzene rings is 2. The van der Waals surface area contributed by atoms with Crippen LogP contribution in [0.1, 0.15) is 36.0 Å². The van der Waals surface area contributed by atoms with Crippen LogP contribution in [0.4, 0.5) is 5.13 Å². The number of nitrogens with one attached hydrogen (secondary N) is 1. The summed E-state index contributed by atoms with van der Waals surface area (Å²) in [5.41, 5.74) is 1.28. The number of aromatic nitrogens is 1. The Hall–Kier alpha value is -3.06. The Labute approximate surface area is 173 Å². The van der Waals surface area contributed by atoms with Gasteiger partial charge in [-0.1, -0.05) is 26.0 Å². The van der Waals surface area contributed by atoms with Gasteiger partial charge >= 0.3 is 0 Å². The molecule has 2 heterocycles. The number of thiazole rings is 1. The normalized spacial score (nSPS) is 15.2. The fourth-order valence-corrected chi connectivity index (χ4v) is 3.54. The number of rotatable bonds is 6. The van der Waals surface area contributed by atoms with Gasteiger partial charge < -0.3 is 14.2 Å². The highest BCUT2D eigenvalue weighted by atomic mass is 32.1. The first kappa shape index (κ1) is 19.3. The van der Waals surface area contributed by atoms with E-state index < -0.39 is 0 Å². The zero-order valence-electron chi connectivity index (χ0n) is 16.3. The summed E-state index contributed by atoms with van der Waals surface area (Å²) in [5.74, 6) is 2.41. The molecule has 1 atom stereocenters. The van der Waals surface area contributed by atoms with E-state index in [4.69, 9.17) is 14.2 Å². The Morgan fingerprint density at radius 2 is 1.97 bits per heavy atom. The monoisotopic (exact) mass is 410 g/mol. The molecule has 0 radical (unpaired) electrons. The molecule has 1 aliphatic rings. The lowest BCUT2D eigenvalue weighted by atomic mass is 10.2. The van der Waals surface area contributed by atoms with Gasteiger partial charge in [0, 0.05) is 10.9 Å². The van der Waals surface area contributed by atoms with Crippen LogP contribution in [-0.4, -0.2) is 24.1 Å². The number of anilines is 1. The average molecular weight is 410 g/mol. The molecule has 7 heteroatoms. The van der Waals surface area contributed by atoms with E-state index in [0.717, 1.165) is 17.2 Å². The van der Waals surface area contributed by atoms with Gasteiger partial charge in [0.05, 0.1) is 12.3 Å². The number of carbonyl (C=O) groups is 1. The molecule has 1 aliphatic heterocycles. The number of para-hydroxylation sites is 2. The van der Waals surface area contributed by atoms with Crippen LogP contribution in [0.15, 0.2) is 53.9 Å². The van der Waals surface area contributed by atoms with Crippen molar-refractivity contribution < 1.29 is 19.0 Å². The molecule has 3 aromatic rings. The predicted molar refractivity (Wildman–Crippen MR) is 112 cm³/mol.